The highest BCUT2D eigenvalue weighted by molar-refractivity contribution is 9.10. The fraction of sp³-hybridized carbons (Fsp3) is 0.261. The number of methoxy groups -OCH3 is 2. The van der Waals surface area contributed by atoms with E-state index in [1.54, 1.807) is 31.2 Å². The molecule has 0 saturated heterocycles. The number of alkyl halides is 3. The van der Waals surface area contributed by atoms with Crippen molar-refractivity contribution in [2.75, 3.05) is 25.8 Å². The molecule has 0 atom stereocenters. The van der Waals surface area contributed by atoms with E-state index in [4.69, 9.17) is 14.2 Å². The number of halogens is 4. The maximum Gasteiger partial charge on any atom is 0.418 e. The summed E-state index contributed by atoms with van der Waals surface area (Å²) in [7, 11) is 3.05. The molecule has 0 fully saturated rings. The molecule has 0 bridgehead atoms. The monoisotopic (exact) mass is 508 g/mol. The Balaban J connectivity index is 1.96. The van der Waals surface area contributed by atoms with Crippen molar-refractivity contribution in [1.29, 1.82) is 0 Å². The van der Waals surface area contributed by atoms with Crippen molar-refractivity contribution in [3.05, 3.63) is 75.1 Å². The summed E-state index contributed by atoms with van der Waals surface area (Å²) in [5.41, 5.74) is 1.51. The number of nitrogens with zero attached hydrogens (tertiary/aromatic N) is 2. The lowest BCUT2D eigenvalue weighted by molar-refractivity contribution is -0.137. The third kappa shape index (κ3) is 3.97. The standard InChI is InChI=1S/C23H20BrF3N2O3/c1-4-19-17-7-8-32-22(17)21(13-9-15(30-2)12-16(10-13)31-3)28-29(19)20-11-14(24)5-6-18(20)23(25,26)27/h4-6,9-12H,7-8H2,1-3H3/b19-4-. The smallest absolute Gasteiger partial charge is 0.418 e. The first-order valence-corrected chi connectivity index (χ1v) is 10.6. The highest BCUT2D eigenvalue weighted by Gasteiger charge is 2.39. The van der Waals surface area contributed by atoms with Crippen molar-refractivity contribution in [2.24, 2.45) is 5.10 Å². The molecular formula is C23H20BrF3N2O3. The number of ether oxygens (including phenoxy) is 3. The van der Waals surface area contributed by atoms with Crippen LogP contribution in [-0.4, -0.2) is 26.5 Å². The minimum absolute atomic E-state index is 0.0780. The second-order valence-corrected chi connectivity index (χ2v) is 8.02. The molecule has 2 aromatic carbocycles. The van der Waals surface area contributed by atoms with E-state index in [-0.39, 0.29) is 5.69 Å². The summed E-state index contributed by atoms with van der Waals surface area (Å²) in [6, 6.07) is 9.04. The first-order chi connectivity index (χ1) is 15.3. The number of hydrogen-bond donors (Lipinski definition) is 0. The SMILES string of the molecule is C/C=C1/C2=C(OCC2)C(c2cc(OC)cc(OC)c2)=NN1c1cc(Br)ccc1C(F)(F)F. The van der Waals surface area contributed by atoms with Crippen molar-refractivity contribution < 1.29 is 27.4 Å². The number of hydrogen-bond acceptors (Lipinski definition) is 5. The molecular weight excluding hydrogens is 489 g/mol. The molecule has 0 spiro atoms. The summed E-state index contributed by atoms with van der Waals surface area (Å²) in [5.74, 6) is 1.61. The Hall–Kier alpha value is -2.94. The molecule has 0 aromatic heterocycles. The van der Waals surface area contributed by atoms with Crippen molar-refractivity contribution >= 4 is 27.3 Å². The molecule has 9 heteroatoms. The van der Waals surface area contributed by atoms with Crippen LogP contribution in [0.25, 0.3) is 0 Å². The lowest BCUT2D eigenvalue weighted by atomic mass is 9.99. The maximum absolute atomic E-state index is 13.9. The van der Waals surface area contributed by atoms with Crippen LogP contribution in [0.4, 0.5) is 18.9 Å². The maximum atomic E-state index is 13.9. The predicted molar refractivity (Wildman–Crippen MR) is 119 cm³/mol. The molecule has 0 amide bonds. The summed E-state index contributed by atoms with van der Waals surface area (Å²) < 4.78 is 58.7. The molecule has 2 heterocycles. The lowest BCUT2D eigenvalue weighted by Crippen LogP contribution is -2.28. The van der Waals surface area contributed by atoms with Crippen LogP contribution < -0.4 is 14.5 Å². The second-order valence-electron chi connectivity index (χ2n) is 7.10. The minimum atomic E-state index is -4.55. The molecule has 0 saturated carbocycles. The van der Waals surface area contributed by atoms with Gasteiger partial charge in [-0.2, -0.15) is 18.3 Å². The van der Waals surface area contributed by atoms with Gasteiger partial charge in [-0.05, 0) is 37.3 Å². The van der Waals surface area contributed by atoms with Gasteiger partial charge in [0.2, 0.25) is 0 Å². The van der Waals surface area contributed by atoms with Gasteiger partial charge in [0.15, 0.2) is 5.76 Å². The Morgan fingerprint density at radius 1 is 1.09 bits per heavy atom. The number of anilines is 1. The highest BCUT2D eigenvalue weighted by atomic mass is 79.9. The Bertz CT molecular complexity index is 1130. The molecule has 2 aliphatic heterocycles. The molecule has 0 aliphatic carbocycles. The van der Waals surface area contributed by atoms with E-state index < -0.39 is 11.7 Å². The molecule has 5 nitrogen and oxygen atoms in total. The van der Waals surface area contributed by atoms with Crippen LogP contribution in [0.3, 0.4) is 0 Å². The van der Waals surface area contributed by atoms with Gasteiger partial charge >= 0.3 is 6.18 Å². The predicted octanol–water partition coefficient (Wildman–Crippen LogP) is 6.29. The van der Waals surface area contributed by atoms with E-state index in [9.17, 15) is 13.2 Å². The van der Waals surface area contributed by atoms with Gasteiger partial charge in [0.05, 0.1) is 37.8 Å². The Morgan fingerprint density at radius 3 is 2.38 bits per heavy atom. The number of rotatable bonds is 4. The van der Waals surface area contributed by atoms with Crippen LogP contribution in [0.2, 0.25) is 0 Å². The zero-order valence-electron chi connectivity index (χ0n) is 17.6. The van der Waals surface area contributed by atoms with Crippen LogP contribution >= 0.6 is 15.9 Å². The van der Waals surface area contributed by atoms with E-state index in [0.29, 0.717) is 51.7 Å². The third-order valence-corrected chi connectivity index (χ3v) is 5.71. The largest absolute Gasteiger partial charge is 0.497 e. The Kier molecular flexibility index (Phi) is 5.94. The topological polar surface area (TPSA) is 43.3 Å². The average Bonchev–Trinajstić information content (AvgIpc) is 3.26. The van der Waals surface area contributed by atoms with Gasteiger partial charge in [-0.25, -0.2) is 5.01 Å². The van der Waals surface area contributed by atoms with Gasteiger partial charge in [-0.1, -0.05) is 22.0 Å². The molecule has 32 heavy (non-hydrogen) atoms. The van der Waals surface area contributed by atoms with E-state index in [0.717, 1.165) is 11.6 Å². The molecule has 0 radical (unpaired) electrons. The van der Waals surface area contributed by atoms with Gasteiger partial charge in [0.25, 0.3) is 0 Å². The van der Waals surface area contributed by atoms with E-state index in [1.807, 2.05) is 0 Å². The van der Waals surface area contributed by atoms with Crippen LogP contribution in [0, 0.1) is 0 Å². The quantitative estimate of drug-likeness (QED) is 0.486. The van der Waals surface area contributed by atoms with Crippen molar-refractivity contribution in [1.82, 2.24) is 0 Å². The van der Waals surface area contributed by atoms with E-state index in [1.165, 1.54) is 31.4 Å². The van der Waals surface area contributed by atoms with Gasteiger partial charge in [-0.15, -0.1) is 0 Å². The summed E-state index contributed by atoms with van der Waals surface area (Å²) in [6.45, 7) is 2.19. The fourth-order valence-corrected chi connectivity index (χ4v) is 4.12. The highest BCUT2D eigenvalue weighted by Crippen LogP contribution is 2.44. The van der Waals surface area contributed by atoms with E-state index in [2.05, 4.69) is 21.0 Å². The lowest BCUT2D eigenvalue weighted by Gasteiger charge is -2.31. The van der Waals surface area contributed by atoms with Crippen molar-refractivity contribution in [3.63, 3.8) is 0 Å². The summed E-state index contributed by atoms with van der Waals surface area (Å²) in [4.78, 5) is 0. The zero-order valence-corrected chi connectivity index (χ0v) is 19.2. The van der Waals surface area contributed by atoms with Gasteiger partial charge in [0.1, 0.15) is 17.2 Å². The zero-order chi connectivity index (χ0) is 23.0. The molecule has 4 rings (SSSR count). The van der Waals surface area contributed by atoms with Crippen LogP contribution in [0.1, 0.15) is 24.5 Å². The summed E-state index contributed by atoms with van der Waals surface area (Å²) in [6.07, 6.45) is -2.25. The molecule has 2 aromatic rings. The summed E-state index contributed by atoms with van der Waals surface area (Å²) in [5, 5.41) is 5.99. The number of benzene rings is 2. The summed E-state index contributed by atoms with van der Waals surface area (Å²) >= 11 is 3.29. The number of hydrazone groups is 1. The third-order valence-electron chi connectivity index (χ3n) is 5.22. The van der Waals surface area contributed by atoms with Crippen LogP contribution in [0.15, 0.2) is 69.1 Å². The van der Waals surface area contributed by atoms with Crippen molar-refractivity contribution in [3.8, 4) is 11.5 Å². The molecule has 168 valence electrons. The minimum Gasteiger partial charge on any atom is -0.497 e. The van der Waals surface area contributed by atoms with Gasteiger partial charge in [-0.3, -0.25) is 0 Å². The molecule has 0 unspecified atom stereocenters. The Morgan fingerprint density at radius 2 is 1.78 bits per heavy atom. The number of allylic oxidation sites excluding steroid dienone is 3. The molecule has 0 N–H and O–H groups in total. The van der Waals surface area contributed by atoms with Crippen LogP contribution in [0.5, 0.6) is 11.5 Å². The van der Waals surface area contributed by atoms with Crippen molar-refractivity contribution in [2.45, 2.75) is 19.5 Å². The first-order valence-electron chi connectivity index (χ1n) is 9.78. The van der Waals surface area contributed by atoms with Gasteiger partial charge < -0.3 is 14.2 Å². The fourth-order valence-electron chi connectivity index (χ4n) is 3.77. The first kappa shape index (κ1) is 22.3. The van der Waals surface area contributed by atoms with E-state index >= 15 is 0 Å². The Labute approximate surface area is 191 Å². The average molecular weight is 509 g/mol. The van der Waals surface area contributed by atoms with Gasteiger partial charge in [0, 0.05) is 28.1 Å². The normalized spacial score (nSPS) is 17.3. The van der Waals surface area contributed by atoms with Crippen LogP contribution in [-0.2, 0) is 10.9 Å². The molecule has 2 aliphatic rings. The second kappa shape index (κ2) is 8.54.